The molecule has 0 aliphatic rings. The average molecular weight is 320 g/mol. The largest absolute Gasteiger partial charge is 0.468 e. The number of ether oxygens (including phenoxy) is 1. The summed E-state index contributed by atoms with van der Waals surface area (Å²) < 4.78 is 4.89. The summed E-state index contributed by atoms with van der Waals surface area (Å²) in [6, 6.07) is 8.09. The van der Waals surface area contributed by atoms with E-state index >= 15 is 0 Å². The van der Waals surface area contributed by atoms with Gasteiger partial charge in [0.05, 0.1) is 13.2 Å². The van der Waals surface area contributed by atoms with Crippen molar-refractivity contribution in [2.45, 2.75) is 52.2 Å². The van der Waals surface area contributed by atoms with Crippen LogP contribution in [0.15, 0.2) is 30.3 Å². The molecule has 1 rings (SSSR count). The zero-order valence-electron chi connectivity index (χ0n) is 14.8. The molecule has 5 heteroatoms. The molecule has 0 aliphatic heterocycles. The van der Waals surface area contributed by atoms with Crippen molar-refractivity contribution < 1.29 is 14.3 Å². The fourth-order valence-corrected chi connectivity index (χ4v) is 2.26. The van der Waals surface area contributed by atoms with Gasteiger partial charge in [-0.25, -0.2) is 4.79 Å². The van der Waals surface area contributed by atoms with E-state index in [0.29, 0.717) is 0 Å². The molecule has 2 N–H and O–H groups in total. The highest BCUT2D eigenvalue weighted by Gasteiger charge is 2.31. The maximum Gasteiger partial charge on any atom is 0.327 e. The molecule has 0 saturated heterocycles. The van der Waals surface area contributed by atoms with Crippen molar-refractivity contribution in [3.8, 4) is 0 Å². The molecular formula is C18H28N2O3. The fourth-order valence-electron chi connectivity index (χ4n) is 2.26. The summed E-state index contributed by atoms with van der Waals surface area (Å²) in [5, 5.41) is 6.12. The average Bonchev–Trinajstić information content (AvgIpc) is 2.46. The molecule has 0 aromatic heterocycles. The lowest BCUT2D eigenvalue weighted by molar-refractivity contribution is -0.144. The molecule has 0 bridgehead atoms. The van der Waals surface area contributed by atoms with E-state index in [4.69, 9.17) is 4.74 Å². The summed E-state index contributed by atoms with van der Waals surface area (Å²) in [7, 11) is 1.35. The first-order valence-electron chi connectivity index (χ1n) is 7.86. The van der Waals surface area contributed by atoms with Gasteiger partial charge in [-0.3, -0.25) is 10.1 Å². The number of esters is 1. The van der Waals surface area contributed by atoms with E-state index in [2.05, 4.69) is 10.6 Å². The van der Waals surface area contributed by atoms with E-state index in [9.17, 15) is 9.59 Å². The third-order valence-electron chi connectivity index (χ3n) is 3.36. The van der Waals surface area contributed by atoms with Crippen molar-refractivity contribution in [1.82, 2.24) is 10.6 Å². The van der Waals surface area contributed by atoms with Gasteiger partial charge < -0.3 is 10.1 Å². The standard InChI is InChI=1S/C18H28N2O3/c1-12(2)14(16(21)20-18(3,4)5)19-15(17(22)23-6)13-10-8-7-9-11-13/h7-12,14-15,19H,1-6H3,(H,20,21)/t14?,15-/m0/s1. The van der Waals surface area contributed by atoms with Crippen LogP contribution in [0.3, 0.4) is 0 Å². The van der Waals surface area contributed by atoms with Gasteiger partial charge in [-0.05, 0) is 32.3 Å². The predicted molar refractivity (Wildman–Crippen MR) is 90.9 cm³/mol. The molecule has 0 heterocycles. The Hall–Kier alpha value is -1.88. The van der Waals surface area contributed by atoms with Crippen LogP contribution in [0, 0.1) is 5.92 Å². The minimum atomic E-state index is -0.681. The predicted octanol–water partition coefficient (Wildman–Crippen LogP) is 2.43. The molecule has 1 unspecified atom stereocenters. The van der Waals surface area contributed by atoms with E-state index in [1.165, 1.54) is 7.11 Å². The molecule has 1 aromatic rings. The van der Waals surface area contributed by atoms with Crippen molar-refractivity contribution in [1.29, 1.82) is 0 Å². The summed E-state index contributed by atoms with van der Waals surface area (Å²) in [6.07, 6.45) is 0. The highest BCUT2D eigenvalue weighted by molar-refractivity contribution is 5.84. The first-order valence-corrected chi connectivity index (χ1v) is 7.86. The molecule has 0 fully saturated rings. The van der Waals surface area contributed by atoms with Crippen LogP contribution in [0.4, 0.5) is 0 Å². The maximum absolute atomic E-state index is 12.6. The highest BCUT2D eigenvalue weighted by Crippen LogP contribution is 2.17. The van der Waals surface area contributed by atoms with Crippen LogP contribution >= 0.6 is 0 Å². The van der Waals surface area contributed by atoms with Gasteiger partial charge in [-0.2, -0.15) is 0 Å². The number of nitrogens with one attached hydrogen (secondary N) is 2. The molecule has 0 aliphatic carbocycles. The van der Waals surface area contributed by atoms with E-state index < -0.39 is 18.1 Å². The third-order valence-corrected chi connectivity index (χ3v) is 3.36. The van der Waals surface area contributed by atoms with Crippen LogP contribution in [0.1, 0.15) is 46.2 Å². The molecule has 0 saturated carbocycles. The van der Waals surface area contributed by atoms with Crippen LogP contribution < -0.4 is 10.6 Å². The Morgan fingerprint density at radius 1 is 1.09 bits per heavy atom. The minimum absolute atomic E-state index is 0.0215. The SMILES string of the molecule is COC(=O)[C@@H](NC(C(=O)NC(C)(C)C)C(C)C)c1ccccc1. The van der Waals surface area contributed by atoms with Crippen molar-refractivity contribution in [2.75, 3.05) is 7.11 Å². The summed E-state index contributed by atoms with van der Waals surface area (Å²) in [4.78, 5) is 24.7. The summed E-state index contributed by atoms with van der Waals surface area (Å²) in [5.41, 5.74) is 0.438. The van der Waals surface area contributed by atoms with Crippen molar-refractivity contribution in [3.63, 3.8) is 0 Å². The van der Waals surface area contributed by atoms with Gasteiger partial charge in [0.2, 0.25) is 5.91 Å². The normalized spacial score (nSPS) is 14.2. The summed E-state index contributed by atoms with van der Waals surface area (Å²) in [6.45, 7) is 9.67. The topological polar surface area (TPSA) is 67.4 Å². The first kappa shape index (κ1) is 19.2. The molecule has 5 nitrogen and oxygen atoms in total. The van der Waals surface area contributed by atoms with Crippen LogP contribution in [-0.2, 0) is 14.3 Å². The molecular weight excluding hydrogens is 292 g/mol. The minimum Gasteiger partial charge on any atom is -0.468 e. The number of hydrogen-bond donors (Lipinski definition) is 2. The Balaban J connectivity index is 3.02. The van der Waals surface area contributed by atoms with Crippen LogP contribution in [0.2, 0.25) is 0 Å². The highest BCUT2D eigenvalue weighted by atomic mass is 16.5. The van der Waals surface area contributed by atoms with Crippen molar-refractivity contribution in [3.05, 3.63) is 35.9 Å². The number of methoxy groups -OCH3 is 1. The number of amides is 1. The summed E-state index contributed by atoms with van der Waals surface area (Å²) >= 11 is 0. The van der Waals surface area contributed by atoms with Gasteiger partial charge in [0.15, 0.2) is 0 Å². The molecule has 1 aromatic carbocycles. The number of hydrogen-bond acceptors (Lipinski definition) is 4. The Morgan fingerprint density at radius 2 is 1.65 bits per heavy atom. The van der Waals surface area contributed by atoms with Gasteiger partial charge in [0.1, 0.15) is 6.04 Å². The van der Waals surface area contributed by atoms with Crippen LogP contribution in [0.25, 0.3) is 0 Å². The lowest BCUT2D eigenvalue weighted by Crippen LogP contribution is -2.54. The zero-order chi connectivity index (χ0) is 17.6. The lowest BCUT2D eigenvalue weighted by Gasteiger charge is -2.30. The van der Waals surface area contributed by atoms with Crippen molar-refractivity contribution in [2.24, 2.45) is 5.92 Å². The molecule has 128 valence electrons. The third kappa shape index (κ3) is 6.02. The fraction of sp³-hybridized carbons (Fsp3) is 0.556. The number of rotatable bonds is 6. The van der Waals surface area contributed by atoms with Gasteiger partial charge in [0, 0.05) is 5.54 Å². The van der Waals surface area contributed by atoms with E-state index in [-0.39, 0.29) is 17.4 Å². The second kappa shape index (κ2) is 8.11. The van der Waals surface area contributed by atoms with Crippen molar-refractivity contribution >= 4 is 11.9 Å². The Morgan fingerprint density at radius 3 is 2.09 bits per heavy atom. The zero-order valence-corrected chi connectivity index (χ0v) is 14.8. The van der Waals surface area contributed by atoms with Gasteiger partial charge in [-0.15, -0.1) is 0 Å². The number of benzene rings is 1. The van der Waals surface area contributed by atoms with Gasteiger partial charge in [-0.1, -0.05) is 44.2 Å². The number of carbonyl (C=O) groups excluding carboxylic acids is 2. The van der Waals surface area contributed by atoms with E-state index in [0.717, 1.165) is 5.56 Å². The quantitative estimate of drug-likeness (QED) is 0.790. The van der Waals surface area contributed by atoms with Crippen LogP contribution in [-0.4, -0.2) is 30.6 Å². The maximum atomic E-state index is 12.6. The Kier molecular flexibility index (Phi) is 6.76. The molecule has 0 radical (unpaired) electrons. The monoisotopic (exact) mass is 320 g/mol. The smallest absolute Gasteiger partial charge is 0.327 e. The second-order valence-electron chi connectivity index (χ2n) is 6.99. The molecule has 0 spiro atoms. The molecule has 2 atom stereocenters. The molecule has 1 amide bonds. The molecule has 23 heavy (non-hydrogen) atoms. The second-order valence-corrected chi connectivity index (χ2v) is 6.99. The van der Waals surface area contributed by atoms with E-state index in [1.54, 1.807) is 0 Å². The van der Waals surface area contributed by atoms with Gasteiger partial charge >= 0.3 is 5.97 Å². The van der Waals surface area contributed by atoms with Crippen LogP contribution in [0.5, 0.6) is 0 Å². The Bertz CT molecular complexity index is 521. The first-order chi connectivity index (χ1) is 10.7. The Labute approximate surface area is 138 Å². The number of carbonyl (C=O) groups is 2. The summed E-state index contributed by atoms with van der Waals surface area (Å²) in [5.74, 6) is -0.518. The van der Waals surface area contributed by atoms with E-state index in [1.807, 2.05) is 65.0 Å². The van der Waals surface area contributed by atoms with Gasteiger partial charge in [0.25, 0.3) is 0 Å². The lowest BCUT2D eigenvalue weighted by atomic mass is 9.98.